The number of aromatic nitrogens is 3. The predicted octanol–water partition coefficient (Wildman–Crippen LogP) is 4.65. The van der Waals surface area contributed by atoms with E-state index in [1.807, 2.05) is 32.0 Å². The first-order valence-electron chi connectivity index (χ1n) is 11.4. The maximum atomic E-state index is 6.39. The molecule has 1 aliphatic carbocycles. The van der Waals surface area contributed by atoms with Gasteiger partial charge < -0.3 is 23.5 Å². The quantitative estimate of drug-likeness (QED) is 0.536. The number of rotatable bonds is 7. The smallest absolute Gasteiger partial charge is 0.241 e. The van der Waals surface area contributed by atoms with Crippen LogP contribution in [0.4, 0.5) is 0 Å². The highest BCUT2D eigenvalue weighted by Crippen LogP contribution is 2.51. The minimum absolute atomic E-state index is 0.0141. The predicted molar refractivity (Wildman–Crippen MR) is 120 cm³/mol. The summed E-state index contributed by atoms with van der Waals surface area (Å²) in [5.74, 6) is 0.646. The van der Waals surface area contributed by atoms with Gasteiger partial charge in [0.05, 0.1) is 31.4 Å². The molecule has 4 atom stereocenters. The van der Waals surface area contributed by atoms with Crippen LogP contribution in [0.1, 0.15) is 50.7 Å². The Labute approximate surface area is 188 Å². The third-order valence-corrected chi connectivity index (χ3v) is 6.68. The van der Waals surface area contributed by atoms with Gasteiger partial charge in [-0.15, -0.1) is 0 Å². The zero-order chi connectivity index (χ0) is 22.3. The molecule has 3 heterocycles. The molecule has 1 aromatic carbocycles. The van der Waals surface area contributed by atoms with Crippen molar-refractivity contribution in [3.8, 4) is 5.88 Å². The van der Waals surface area contributed by atoms with Gasteiger partial charge in [0.2, 0.25) is 5.88 Å². The second-order valence-corrected chi connectivity index (χ2v) is 9.17. The van der Waals surface area contributed by atoms with E-state index < -0.39 is 5.79 Å². The number of methoxy groups -OCH3 is 1. The van der Waals surface area contributed by atoms with Crippen molar-refractivity contribution in [1.82, 2.24) is 14.5 Å². The topological polar surface area (TPSA) is 67.6 Å². The van der Waals surface area contributed by atoms with E-state index in [0.717, 1.165) is 35.0 Å². The maximum absolute atomic E-state index is 6.39. The Balaban J connectivity index is 1.48. The van der Waals surface area contributed by atoms with Gasteiger partial charge in [-0.3, -0.25) is 0 Å². The lowest BCUT2D eigenvalue weighted by Gasteiger charge is -2.23. The zero-order valence-corrected chi connectivity index (χ0v) is 19.2. The first-order chi connectivity index (χ1) is 15.5. The largest absolute Gasteiger partial charge is 0.479 e. The van der Waals surface area contributed by atoms with E-state index in [2.05, 4.69) is 39.8 Å². The van der Waals surface area contributed by atoms with Gasteiger partial charge in [0.1, 0.15) is 18.6 Å². The summed E-state index contributed by atoms with van der Waals surface area (Å²) in [6, 6.07) is 10.2. The van der Waals surface area contributed by atoms with Crippen LogP contribution >= 0.6 is 0 Å². The third kappa shape index (κ3) is 3.78. The van der Waals surface area contributed by atoms with Gasteiger partial charge in [0.15, 0.2) is 5.79 Å². The summed E-state index contributed by atoms with van der Waals surface area (Å²) in [6.07, 6.45) is 5.91. The van der Waals surface area contributed by atoms with Crippen molar-refractivity contribution in [2.24, 2.45) is 5.92 Å². The van der Waals surface area contributed by atoms with Gasteiger partial charge in [0, 0.05) is 17.7 Å². The summed E-state index contributed by atoms with van der Waals surface area (Å²) in [5.41, 5.74) is 4.04. The number of hydrogen-bond donors (Lipinski definition) is 0. The van der Waals surface area contributed by atoms with Crippen LogP contribution in [-0.4, -0.2) is 39.6 Å². The first kappa shape index (κ1) is 21.4. The molecule has 2 aromatic heterocycles. The third-order valence-electron chi connectivity index (χ3n) is 6.68. The minimum Gasteiger partial charge on any atom is -0.479 e. The molecular formula is C25H31N3O4. The van der Waals surface area contributed by atoms with E-state index in [4.69, 9.17) is 18.9 Å². The SMILES string of the molecule is CC[C@H]1C[C@@H](c2cn(COCc3ccccc3)c3c(OC)ncnc23)[C@@H]2OC(C)(C)O[C@H]12. The van der Waals surface area contributed by atoms with Crippen LogP contribution in [0.2, 0.25) is 0 Å². The van der Waals surface area contributed by atoms with Crippen molar-refractivity contribution in [1.29, 1.82) is 0 Å². The van der Waals surface area contributed by atoms with E-state index >= 15 is 0 Å². The van der Waals surface area contributed by atoms with Gasteiger partial charge in [-0.25, -0.2) is 4.98 Å². The van der Waals surface area contributed by atoms with Gasteiger partial charge in [-0.2, -0.15) is 4.98 Å². The van der Waals surface area contributed by atoms with Crippen LogP contribution in [0.5, 0.6) is 5.88 Å². The molecule has 1 saturated carbocycles. The van der Waals surface area contributed by atoms with Gasteiger partial charge >= 0.3 is 0 Å². The van der Waals surface area contributed by atoms with Gasteiger partial charge in [0.25, 0.3) is 0 Å². The molecule has 5 rings (SSSR count). The summed E-state index contributed by atoms with van der Waals surface area (Å²) < 4.78 is 26.4. The van der Waals surface area contributed by atoms with Crippen LogP contribution < -0.4 is 4.74 Å². The molecule has 2 aliphatic rings. The lowest BCUT2D eigenvalue weighted by molar-refractivity contribution is -0.158. The molecule has 0 spiro atoms. The Bertz CT molecular complexity index is 1080. The first-order valence-corrected chi connectivity index (χ1v) is 11.4. The average molecular weight is 438 g/mol. The summed E-state index contributed by atoms with van der Waals surface area (Å²) in [4.78, 5) is 9.01. The van der Waals surface area contributed by atoms with Crippen molar-refractivity contribution in [3.05, 3.63) is 54.0 Å². The molecule has 0 amide bonds. The second kappa shape index (κ2) is 8.46. The van der Waals surface area contributed by atoms with Crippen molar-refractivity contribution in [2.75, 3.05) is 7.11 Å². The molecule has 0 radical (unpaired) electrons. The number of nitrogens with zero attached hydrogens (tertiary/aromatic N) is 3. The second-order valence-electron chi connectivity index (χ2n) is 9.17. The standard InChI is InChI=1S/C25H31N3O4/c1-5-17-11-18(23-22(17)31-25(2,3)32-23)19-12-28(15-30-13-16-9-7-6-8-10-16)21-20(19)26-14-27-24(21)29-4/h6-10,12,14,17-18,22-23H,5,11,13,15H2,1-4H3/t17-,18-,22+,23-/m0/s1. The minimum atomic E-state index is -0.564. The molecule has 1 aliphatic heterocycles. The van der Waals surface area contributed by atoms with E-state index in [1.165, 1.54) is 0 Å². The maximum Gasteiger partial charge on any atom is 0.241 e. The summed E-state index contributed by atoms with van der Waals surface area (Å²) in [7, 11) is 1.64. The van der Waals surface area contributed by atoms with E-state index in [1.54, 1.807) is 13.4 Å². The Morgan fingerprint density at radius 1 is 1.12 bits per heavy atom. The highest BCUT2D eigenvalue weighted by Gasteiger charge is 2.54. The van der Waals surface area contributed by atoms with Crippen LogP contribution in [-0.2, 0) is 27.5 Å². The van der Waals surface area contributed by atoms with E-state index in [9.17, 15) is 0 Å². The Morgan fingerprint density at radius 2 is 1.91 bits per heavy atom. The fraction of sp³-hybridized carbons (Fsp3) is 0.520. The molecule has 1 saturated heterocycles. The molecule has 0 unspecified atom stereocenters. The van der Waals surface area contributed by atoms with Gasteiger partial charge in [-0.1, -0.05) is 43.7 Å². The molecule has 0 bridgehead atoms. The summed E-state index contributed by atoms with van der Waals surface area (Å²) in [5, 5.41) is 0. The molecule has 7 nitrogen and oxygen atoms in total. The Morgan fingerprint density at radius 3 is 2.66 bits per heavy atom. The van der Waals surface area contributed by atoms with Crippen molar-refractivity contribution >= 4 is 11.0 Å². The van der Waals surface area contributed by atoms with E-state index in [-0.39, 0.29) is 18.1 Å². The molecule has 0 N–H and O–H groups in total. The van der Waals surface area contributed by atoms with Crippen LogP contribution in [0.3, 0.4) is 0 Å². The van der Waals surface area contributed by atoms with Crippen LogP contribution in [0, 0.1) is 5.92 Å². The fourth-order valence-corrected chi connectivity index (χ4v) is 5.28. The molecule has 170 valence electrons. The number of benzene rings is 1. The number of hydrogen-bond acceptors (Lipinski definition) is 6. The van der Waals surface area contributed by atoms with Crippen molar-refractivity contribution in [3.63, 3.8) is 0 Å². The highest BCUT2D eigenvalue weighted by atomic mass is 16.8. The molecule has 2 fully saturated rings. The molecule has 7 heteroatoms. The monoisotopic (exact) mass is 437 g/mol. The van der Waals surface area contributed by atoms with E-state index in [0.29, 0.717) is 25.1 Å². The van der Waals surface area contributed by atoms with Crippen LogP contribution in [0.15, 0.2) is 42.9 Å². The number of ether oxygens (including phenoxy) is 4. The van der Waals surface area contributed by atoms with Crippen LogP contribution in [0.25, 0.3) is 11.0 Å². The lowest BCUT2D eigenvalue weighted by Crippen LogP contribution is -2.24. The summed E-state index contributed by atoms with van der Waals surface area (Å²) >= 11 is 0. The number of fused-ring (bicyclic) bond motifs is 2. The van der Waals surface area contributed by atoms with Crippen molar-refractivity contribution in [2.45, 2.75) is 70.9 Å². The average Bonchev–Trinajstić information content (AvgIpc) is 3.42. The lowest BCUT2D eigenvalue weighted by atomic mass is 9.95. The Hall–Kier alpha value is -2.48. The van der Waals surface area contributed by atoms with Crippen molar-refractivity contribution < 1.29 is 18.9 Å². The zero-order valence-electron chi connectivity index (χ0n) is 19.2. The summed E-state index contributed by atoms with van der Waals surface area (Å²) in [6.45, 7) is 7.14. The molecule has 32 heavy (non-hydrogen) atoms. The Kier molecular flexibility index (Phi) is 5.65. The molecular weight excluding hydrogens is 406 g/mol. The van der Waals surface area contributed by atoms with Gasteiger partial charge in [-0.05, 0) is 31.7 Å². The normalized spacial score (nSPS) is 26.5. The highest BCUT2D eigenvalue weighted by molar-refractivity contribution is 5.84. The fourth-order valence-electron chi connectivity index (χ4n) is 5.28. The molecule has 3 aromatic rings.